The second-order valence-corrected chi connectivity index (χ2v) is 6.09. The molecule has 0 bridgehead atoms. The van der Waals surface area contributed by atoms with Crippen LogP contribution < -0.4 is 4.74 Å². The highest BCUT2D eigenvalue weighted by Gasteiger charge is 2.20. The highest BCUT2D eigenvalue weighted by molar-refractivity contribution is 9.10. The summed E-state index contributed by atoms with van der Waals surface area (Å²) in [5.41, 5.74) is 2.95. The summed E-state index contributed by atoms with van der Waals surface area (Å²) in [5, 5.41) is 10.8. The number of halogens is 2. The Morgan fingerprint density at radius 2 is 2.25 bits per heavy atom. The number of hydrogen-bond acceptors (Lipinski definition) is 3. The molecule has 2 heterocycles. The van der Waals surface area contributed by atoms with Crippen LogP contribution in [0.1, 0.15) is 22.8 Å². The second-order valence-electron chi connectivity index (χ2n) is 4.79. The molecule has 0 aliphatic carbocycles. The van der Waals surface area contributed by atoms with Crippen LogP contribution >= 0.6 is 27.5 Å². The fraction of sp³-hybridized carbons (Fsp3) is 0.267. The van der Waals surface area contributed by atoms with Crippen molar-refractivity contribution in [1.82, 2.24) is 4.98 Å². The Hall–Kier alpha value is -1.10. The van der Waals surface area contributed by atoms with Crippen molar-refractivity contribution in [2.75, 3.05) is 6.61 Å². The zero-order valence-electron chi connectivity index (χ0n) is 10.6. The third kappa shape index (κ3) is 2.82. The van der Waals surface area contributed by atoms with E-state index in [9.17, 15) is 5.11 Å². The van der Waals surface area contributed by atoms with Gasteiger partial charge in [-0.3, -0.25) is 0 Å². The van der Waals surface area contributed by atoms with Crippen molar-refractivity contribution in [3.8, 4) is 5.75 Å². The molecule has 1 atom stereocenters. The SMILES string of the molecule is OC(Cc1cc(Br)cc2c1OCC2)c1ccc(Cl)nc1. The zero-order valence-corrected chi connectivity index (χ0v) is 13.0. The molecule has 1 aliphatic rings. The van der Waals surface area contributed by atoms with Gasteiger partial charge < -0.3 is 9.84 Å². The molecule has 0 radical (unpaired) electrons. The van der Waals surface area contributed by atoms with E-state index >= 15 is 0 Å². The number of fused-ring (bicyclic) bond motifs is 1. The van der Waals surface area contributed by atoms with Crippen LogP contribution in [0, 0.1) is 0 Å². The summed E-state index contributed by atoms with van der Waals surface area (Å²) in [7, 11) is 0. The van der Waals surface area contributed by atoms with Crippen LogP contribution in [-0.4, -0.2) is 16.7 Å². The van der Waals surface area contributed by atoms with Crippen LogP contribution in [0.2, 0.25) is 5.15 Å². The van der Waals surface area contributed by atoms with Crippen LogP contribution in [0.3, 0.4) is 0 Å². The van der Waals surface area contributed by atoms with Gasteiger partial charge in [-0.1, -0.05) is 33.6 Å². The summed E-state index contributed by atoms with van der Waals surface area (Å²) in [6.07, 6.45) is 2.39. The summed E-state index contributed by atoms with van der Waals surface area (Å²) >= 11 is 9.26. The number of aliphatic hydroxyl groups is 1. The molecule has 104 valence electrons. The molecule has 3 rings (SSSR count). The van der Waals surface area contributed by atoms with Gasteiger partial charge in [-0.2, -0.15) is 0 Å². The minimum atomic E-state index is -0.623. The normalized spacial score (nSPS) is 14.8. The van der Waals surface area contributed by atoms with Gasteiger partial charge in [0.1, 0.15) is 10.9 Å². The predicted octanol–water partition coefficient (Wildman–Crippen LogP) is 3.71. The fourth-order valence-corrected chi connectivity index (χ4v) is 3.07. The van der Waals surface area contributed by atoms with Crippen LogP contribution in [0.4, 0.5) is 0 Å². The van der Waals surface area contributed by atoms with Gasteiger partial charge >= 0.3 is 0 Å². The summed E-state index contributed by atoms with van der Waals surface area (Å²) in [6, 6.07) is 7.54. The first-order chi connectivity index (χ1) is 9.63. The Morgan fingerprint density at radius 1 is 1.40 bits per heavy atom. The number of aliphatic hydroxyl groups excluding tert-OH is 1. The fourth-order valence-electron chi connectivity index (χ4n) is 2.41. The molecule has 0 spiro atoms. The van der Waals surface area contributed by atoms with Gasteiger partial charge in [-0.25, -0.2) is 4.98 Å². The third-order valence-electron chi connectivity index (χ3n) is 3.37. The smallest absolute Gasteiger partial charge is 0.129 e. The van der Waals surface area contributed by atoms with Crippen molar-refractivity contribution in [3.63, 3.8) is 0 Å². The average molecular weight is 355 g/mol. The summed E-state index contributed by atoms with van der Waals surface area (Å²) in [4.78, 5) is 4.00. The molecular weight excluding hydrogens is 342 g/mol. The maximum atomic E-state index is 10.3. The van der Waals surface area contributed by atoms with Gasteiger partial charge in [-0.15, -0.1) is 0 Å². The molecule has 1 aromatic carbocycles. The Bertz CT molecular complexity index is 631. The number of ether oxygens (including phenoxy) is 1. The number of hydrogen-bond donors (Lipinski definition) is 1. The van der Waals surface area contributed by atoms with Crippen molar-refractivity contribution >= 4 is 27.5 Å². The quantitative estimate of drug-likeness (QED) is 0.855. The first-order valence-corrected chi connectivity index (χ1v) is 7.54. The first kappa shape index (κ1) is 13.9. The van der Waals surface area contributed by atoms with E-state index in [1.165, 1.54) is 5.56 Å². The van der Waals surface area contributed by atoms with E-state index in [2.05, 4.69) is 27.0 Å². The van der Waals surface area contributed by atoms with Crippen LogP contribution in [0.25, 0.3) is 0 Å². The number of rotatable bonds is 3. The molecule has 0 saturated heterocycles. The number of benzene rings is 1. The second kappa shape index (κ2) is 5.72. The van der Waals surface area contributed by atoms with Crippen LogP contribution in [-0.2, 0) is 12.8 Å². The third-order valence-corrected chi connectivity index (χ3v) is 4.06. The van der Waals surface area contributed by atoms with Gasteiger partial charge in [0.2, 0.25) is 0 Å². The Kier molecular flexibility index (Phi) is 3.96. The first-order valence-electron chi connectivity index (χ1n) is 6.37. The molecule has 1 aromatic heterocycles. The van der Waals surface area contributed by atoms with E-state index in [4.69, 9.17) is 16.3 Å². The van der Waals surface area contributed by atoms with Crippen LogP contribution in [0.15, 0.2) is 34.9 Å². The van der Waals surface area contributed by atoms with E-state index in [0.717, 1.165) is 27.8 Å². The molecule has 0 saturated carbocycles. The highest BCUT2D eigenvalue weighted by Crippen LogP contribution is 2.35. The number of aromatic nitrogens is 1. The standard InChI is InChI=1S/C15H13BrClNO2/c16-12-5-9-3-4-20-15(9)11(6-12)7-13(19)10-1-2-14(17)18-8-10/h1-2,5-6,8,13,19H,3-4,7H2. The van der Waals surface area contributed by atoms with E-state index in [1.807, 2.05) is 6.07 Å². The van der Waals surface area contributed by atoms with Gasteiger partial charge in [0, 0.05) is 23.5 Å². The molecule has 20 heavy (non-hydrogen) atoms. The summed E-state index contributed by atoms with van der Waals surface area (Å²) in [6.45, 7) is 0.706. The Balaban J connectivity index is 1.86. The number of pyridine rings is 1. The van der Waals surface area contributed by atoms with Gasteiger partial charge in [0.25, 0.3) is 0 Å². The molecule has 1 aliphatic heterocycles. The lowest BCUT2D eigenvalue weighted by atomic mass is 10.00. The Labute approximate surface area is 130 Å². The van der Waals surface area contributed by atoms with Crippen molar-refractivity contribution in [2.24, 2.45) is 0 Å². The van der Waals surface area contributed by atoms with Crippen molar-refractivity contribution < 1.29 is 9.84 Å². The van der Waals surface area contributed by atoms with Crippen molar-refractivity contribution in [2.45, 2.75) is 18.9 Å². The Morgan fingerprint density at radius 3 is 3.00 bits per heavy atom. The molecule has 2 aromatic rings. The number of nitrogens with zero attached hydrogens (tertiary/aromatic N) is 1. The molecular formula is C15H13BrClNO2. The van der Waals surface area contributed by atoms with Gasteiger partial charge in [-0.05, 0) is 34.9 Å². The van der Waals surface area contributed by atoms with Gasteiger partial charge in [0.15, 0.2) is 0 Å². The molecule has 0 fully saturated rings. The van der Waals surface area contributed by atoms with Crippen molar-refractivity contribution in [1.29, 1.82) is 0 Å². The zero-order chi connectivity index (χ0) is 14.1. The summed E-state index contributed by atoms with van der Waals surface area (Å²) in [5.74, 6) is 0.911. The largest absolute Gasteiger partial charge is 0.493 e. The van der Waals surface area contributed by atoms with Gasteiger partial charge in [0.05, 0.1) is 12.7 Å². The lowest BCUT2D eigenvalue weighted by molar-refractivity contribution is 0.176. The molecule has 3 nitrogen and oxygen atoms in total. The molecule has 5 heteroatoms. The topological polar surface area (TPSA) is 42.4 Å². The van der Waals surface area contributed by atoms with Crippen molar-refractivity contribution in [3.05, 3.63) is 56.8 Å². The summed E-state index contributed by atoms with van der Waals surface area (Å²) < 4.78 is 6.68. The van der Waals surface area contributed by atoms with E-state index in [0.29, 0.717) is 18.2 Å². The van der Waals surface area contributed by atoms with E-state index in [1.54, 1.807) is 18.3 Å². The van der Waals surface area contributed by atoms with Crippen LogP contribution in [0.5, 0.6) is 5.75 Å². The lowest BCUT2D eigenvalue weighted by Gasteiger charge is -2.14. The minimum absolute atomic E-state index is 0.424. The average Bonchev–Trinajstić information content (AvgIpc) is 2.87. The molecule has 0 amide bonds. The lowest BCUT2D eigenvalue weighted by Crippen LogP contribution is -2.04. The van der Waals surface area contributed by atoms with E-state index in [-0.39, 0.29) is 0 Å². The van der Waals surface area contributed by atoms with E-state index < -0.39 is 6.10 Å². The highest BCUT2D eigenvalue weighted by atomic mass is 79.9. The molecule has 1 N–H and O–H groups in total. The monoisotopic (exact) mass is 353 g/mol. The maximum Gasteiger partial charge on any atom is 0.129 e. The predicted molar refractivity (Wildman–Crippen MR) is 81.3 cm³/mol. The molecule has 1 unspecified atom stereocenters. The minimum Gasteiger partial charge on any atom is -0.493 e. The maximum absolute atomic E-state index is 10.3.